The molecule has 1 rings (SSSR count). The highest BCUT2D eigenvalue weighted by atomic mass is 32.2. The van der Waals surface area contributed by atoms with Gasteiger partial charge < -0.3 is 10.4 Å². The Morgan fingerprint density at radius 2 is 2.12 bits per heavy atom. The summed E-state index contributed by atoms with van der Waals surface area (Å²) in [5.41, 5.74) is 0.00807. The van der Waals surface area contributed by atoms with Gasteiger partial charge in [-0.2, -0.15) is 11.8 Å². The molecule has 1 fully saturated rings. The molecule has 0 heterocycles. The van der Waals surface area contributed by atoms with Crippen molar-refractivity contribution in [1.82, 2.24) is 5.32 Å². The molecular formula is C14H29NOS. The number of thioether (sulfide) groups is 1. The molecule has 2 N–H and O–H groups in total. The molecule has 0 spiro atoms. The van der Waals surface area contributed by atoms with E-state index in [4.69, 9.17) is 0 Å². The molecule has 2 unspecified atom stereocenters. The van der Waals surface area contributed by atoms with E-state index in [-0.39, 0.29) is 5.54 Å². The van der Waals surface area contributed by atoms with Crippen LogP contribution in [0, 0.1) is 11.8 Å². The van der Waals surface area contributed by atoms with Gasteiger partial charge in [-0.3, -0.25) is 0 Å². The summed E-state index contributed by atoms with van der Waals surface area (Å²) in [6.07, 6.45) is 4.98. The SMILES string of the molecule is CCCNC(CO)(CSCC(C)CC)C1CC1. The molecule has 0 bridgehead atoms. The summed E-state index contributed by atoms with van der Waals surface area (Å²) >= 11 is 2.01. The molecule has 17 heavy (non-hydrogen) atoms. The number of hydrogen-bond acceptors (Lipinski definition) is 3. The Balaban J connectivity index is 2.39. The zero-order valence-electron chi connectivity index (χ0n) is 11.7. The second kappa shape index (κ2) is 7.65. The first-order valence-corrected chi connectivity index (χ1v) is 8.27. The lowest BCUT2D eigenvalue weighted by Crippen LogP contribution is -2.53. The maximum absolute atomic E-state index is 9.76. The second-order valence-corrected chi connectivity index (χ2v) is 6.57. The third-order valence-electron chi connectivity index (χ3n) is 3.83. The van der Waals surface area contributed by atoms with Gasteiger partial charge in [-0.25, -0.2) is 0 Å². The molecule has 0 aromatic rings. The smallest absolute Gasteiger partial charge is 0.0624 e. The van der Waals surface area contributed by atoms with Crippen LogP contribution in [-0.4, -0.2) is 35.3 Å². The Morgan fingerprint density at radius 1 is 1.41 bits per heavy atom. The van der Waals surface area contributed by atoms with Crippen LogP contribution in [0.5, 0.6) is 0 Å². The van der Waals surface area contributed by atoms with Gasteiger partial charge in [0.15, 0.2) is 0 Å². The van der Waals surface area contributed by atoms with Gasteiger partial charge in [0.25, 0.3) is 0 Å². The molecule has 1 saturated carbocycles. The molecule has 102 valence electrons. The van der Waals surface area contributed by atoms with Gasteiger partial charge in [0.1, 0.15) is 0 Å². The van der Waals surface area contributed by atoms with Crippen LogP contribution < -0.4 is 5.32 Å². The minimum absolute atomic E-state index is 0.00807. The average molecular weight is 259 g/mol. The number of aliphatic hydroxyl groups is 1. The van der Waals surface area contributed by atoms with E-state index in [1.165, 1.54) is 25.0 Å². The summed E-state index contributed by atoms with van der Waals surface area (Å²) in [5, 5.41) is 13.4. The van der Waals surface area contributed by atoms with Gasteiger partial charge in [0.05, 0.1) is 12.1 Å². The quantitative estimate of drug-likeness (QED) is 0.633. The number of nitrogens with one attached hydrogen (secondary N) is 1. The maximum atomic E-state index is 9.76. The Hall–Kier alpha value is 0.270. The van der Waals surface area contributed by atoms with Gasteiger partial charge in [0, 0.05) is 5.75 Å². The average Bonchev–Trinajstić information content (AvgIpc) is 3.18. The Morgan fingerprint density at radius 3 is 2.59 bits per heavy atom. The summed E-state index contributed by atoms with van der Waals surface area (Å²) in [4.78, 5) is 0. The first-order valence-electron chi connectivity index (χ1n) is 7.12. The summed E-state index contributed by atoms with van der Waals surface area (Å²) < 4.78 is 0. The molecule has 1 aliphatic rings. The molecule has 3 heteroatoms. The third-order valence-corrected chi connectivity index (χ3v) is 5.35. The second-order valence-electron chi connectivity index (χ2n) is 5.54. The number of aliphatic hydroxyl groups excluding tert-OH is 1. The topological polar surface area (TPSA) is 32.3 Å². The third kappa shape index (κ3) is 4.80. The summed E-state index contributed by atoms with van der Waals surface area (Å²) in [6, 6.07) is 0. The van der Waals surface area contributed by atoms with Crippen LogP contribution in [0.25, 0.3) is 0 Å². The molecule has 0 radical (unpaired) electrons. The van der Waals surface area contributed by atoms with Crippen molar-refractivity contribution in [3.63, 3.8) is 0 Å². The molecule has 0 amide bonds. The highest BCUT2D eigenvalue weighted by Crippen LogP contribution is 2.41. The lowest BCUT2D eigenvalue weighted by Gasteiger charge is -2.33. The minimum Gasteiger partial charge on any atom is -0.394 e. The first kappa shape index (κ1) is 15.3. The van der Waals surface area contributed by atoms with E-state index in [1.807, 2.05) is 11.8 Å². The van der Waals surface area contributed by atoms with Gasteiger partial charge in [0.2, 0.25) is 0 Å². The van der Waals surface area contributed by atoms with Crippen LogP contribution in [0.3, 0.4) is 0 Å². The van der Waals surface area contributed by atoms with Crippen molar-refractivity contribution < 1.29 is 5.11 Å². The predicted octanol–water partition coefficient (Wildman–Crippen LogP) is 2.91. The van der Waals surface area contributed by atoms with Crippen LogP contribution in [0.15, 0.2) is 0 Å². The van der Waals surface area contributed by atoms with Crippen molar-refractivity contribution >= 4 is 11.8 Å². The minimum atomic E-state index is 0.00807. The molecule has 1 aliphatic carbocycles. The fraction of sp³-hybridized carbons (Fsp3) is 1.00. The summed E-state index contributed by atoms with van der Waals surface area (Å²) in [6.45, 7) is 8.07. The van der Waals surface area contributed by atoms with Crippen molar-refractivity contribution in [2.75, 3.05) is 24.7 Å². The zero-order chi connectivity index (χ0) is 12.7. The van der Waals surface area contributed by atoms with Crippen molar-refractivity contribution in [2.45, 2.75) is 52.0 Å². The van der Waals surface area contributed by atoms with Crippen LogP contribution >= 0.6 is 11.8 Å². The van der Waals surface area contributed by atoms with E-state index in [1.54, 1.807) is 0 Å². The van der Waals surface area contributed by atoms with Gasteiger partial charge in [-0.05, 0) is 43.4 Å². The lowest BCUT2D eigenvalue weighted by molar-refractivity contribution is 0.159. The summed E-state index contributed by atoms with van der Waals surface area (Å²) in [7, 11) is 0. The van der Waals surface area contributed by atoms with Crippen LogP contribution in [0.1, 0.15) is 46.5 Å². The van der Waals surface area contributed by atoms with E-state index >= 15 is 0 Å². The molecule has 2 nitrogen and oxygen atoms in total. The standard InChI is InChI=1S/C14H29NOS/c1-4-8-15-14(10-16,13-6-7-13)11-17-9-12(3)5-2/h12-13,15-16H,4-11H2,1-3H3. The maximum Gasteiger partial charge on any atom is 0.0624 e. The van der Waals surface area contributed by atoms with Gasteiger partial charge in [-0.1, -0.05) is 27.2 Å². The lowest BCUT2D eigenvalue weighted by atomic mass is 9.96. The monoisotopic (exact) mass is 259 g/mol. The molecule has 0 saturated heterocycles. The van der Waals surface area contributed by atoms with Gasteiger partial charge >= 0.3 is 0 Å². The Kier molecular flexibility index (Phi) is 6.90. The fourth-order valence-corrected chi connectivity index (χ4v) is 3.66. The number of rotatable bonds is 10. The van der Waals surface area contributed by atoms with Crippen molar-refractivity contribution in [3.8, 4) is 0 Å². The molecule has 0 aliphatic heterocycles. The largest absolute Gasteiger partial charge is 0.394 e. The Bertz CT molecular complexity index is 208. The van der Waals surface area contributed by atoms with Crippen LogP contribution in [0.2, 0.25) is 0 Å². The van der Waals surface area contributed by atoms with Crippen LogP contribution in [-0.2, 0) is 0 Å². The van der Waals surface area contributed by atoms with E-state index in [2.05, 4.69) is 26.1 Å². The highest BCUT2D eigenvalue weighted by molar-refractivity contribution is 7.99. The van der Waals surface area contributed by atoms with E-state index in [0.717, 1.165) is 24.6 Å². The fourth-order valence-electron chi connectivity index (χ4n) is 2.11. The van der Waals surface area contributed by atoms with Crippen LogP contribution in [0.4, 0.5) is 0 Å². The van der Waals surface area contributed by atoms with E-state index in [9.17, 15) is 5.11 Å². The van der Waals surface area contributed by atoms with E-state index in [0.29, 0.717) is 12.5 Å². The highest BCUT2D eigenvalue weighted by Gasteiger charge is 2.44. The van der Waals surface area contributed by atoms with Gasteiger partial charge in [-0.15, -0.1) is 0 Å². The van der Waals surface area contributed by atoms with Crippen molar-refractivity contribution in [1.29, 1.82) is 0 Å². The zero-order valence-corrected chi connectivity index (χ0v) is 12.5. The van der Waals surface area contributed by atoms with Crippen molar-refractivity contribution in [2.24, 2.45) is 11.8 Å². The Labute approximate surface area is 111 Å². The normalized spacial score (nSPS) is 21.2. The molecule has 2 atom stereocenters. The van der Waals surface area contributed by atoms with Crippen molar-refractivity contribution in [3.05, 3.63) is 0 Å². The van der Waals surface area contributed by atoms with E-state index < -0.39 is 0 Å². The summed E-state index contributed by atoms with van der Waals surface area (Å²) in [5.74, 6) is 3.79. The predicted molar refractivity (Wildman–Crippen MR) is 77.6 cm³/mol. The first-order chi connectivity index (χ1) is 8.18. The number of hydrogen-bond donors (Lipinski definition) is 2. The molecule has 0 aromatic carbocycles. The molecular weight excluding hydrogens is 230 g/mol. The molecule has 0 aromatic heterocycles.